The third-order valence-electron chi connectivity index (χ3n) is 4.10. The van der Waals surface area contributed by atoms with E-state index in [4.69, 9.17) is 0 Å². The number of aromatic nitrogens is 2. The summed E-state index contributed by atoms with van der Waals surface area (Å²) in [5.74, 6) is -1.62. The molecule has 0 N–H and O–H groups in total. The third-order valence-corrected chi connectivity index (χ3v) is 4.10. The average Bonchev–Trinajstić information content (AvgIpc) is 3.09. The Hall–Kier alpha value is -2.44. The van der Waals surface area contributed by atoms with Crippen LogP contribution < -0.4 is 4.90 Å². The molecule has 1 aliphatic rings. The fourth-order valence-corrected chi connectivity index (χ4v) is 2.97. The van der Waals surface area contributed by atoms with E-state index in [1.54, 1.807) is 4.90 Å². The topological polar surface area (TPSA) is 46.1 Å². The number of rotatable bonds is 3. The van der Waals surface area contributed by atoms with Gasteiger partial charge in [-0.3, -0.25) is 4.79 Å². The van der Waals surface area contributed by atoms with Gasteiger partial charge in [0.1, 0.15) is 0 Å². The van der Waals surface area contributed by atoms with Crippen molar-refractivity contribution in [3.63, 3.8) is 0 Å². The number of halogens is 3. The number of nitrogens with zero attached hydrogens (tertiary/aromatic N) is 3. The largest absolute Gasteiger partial charge is 0.451 e. The predicted octanol–water partition coefficient (Wildman–Crippen LogP) is 4.08. The first-order valence-corrected chi connectivity index (χ1v) is 7.74. The number of amides is 1. The number of para-hydroxylation sites is 1. The molecule has 0 radical (unpaired) electrons. The Morgan fingerprint density at radius 2 is 1.62 bits per heavy atom. The Balaban J connectivity index is 1.91. The number of alkyl halides is 3. The van der Waals surface area contributed by atoms with Gasteiger partial charge < -0.3 is 4.90 Å². The van der Waals surface area contributed by atoms with Crippen molar-refractivity contribution in [1.29, 1.82) is 0 Å². The molecule has 3 rings (SSSR count). The van der Waals surface area contributed by atoms with Gasteiger partial charge in [-0.25, -0.2) is 9.97 Å². The second-order valence-corrected chi connectivity index (χ2v) is 5.74. The second kappa shape index (κ2) is 6.59. The van der Waals surface area contributed by atoms with Gasteiger partial charge in [-0.15, -0.1) is 0 Å². The summed E-state index contributed by atoms with van der Waals surface area (Å²) in [4.78, 5) is 21.1. The van der Waals surface area contributed by atoms with Crippen LogP contribution in [0.1, 0.15) is 41.9 Å². The van der Waals surface area contributed by atoms with E-state index < -0.39 is 12.0 Å². The minimum absolute atomic E-state index is 0.0437. The predicted molar refractivity (Wildman–Crippen MR) is 82.5 cm³/mol. The number of hydrogen-bond acceptors (Lipinski definition) is 3. The summed E-state index contributed by atoms with van der Waals surface area (Å²) in [6, 6.07) is 9.19. The van der Waals surface area contributed by atoms with E-state index in [-0.39, 0.29) is 17.5 Å². The molecule has 1 aliphatic carbocycles. The number of carbonyl (C=O) groups excluding carboxylic acids is 1. The lowest BCUT2D eigenvalue weighted by Crippen LogP contribution is -2.39. The van der Waals surface area contributed by atoms with Crippen LogP contribution in [0.4, 0.5) is 18.9 Å². The Bertz CT molecular complexity index is 695. The molecule has 1 heterocycles. The van der Waals surface area contributed by atoms with Crippen LogP contribution >= 0.6 is 0 Å². The quantitative estimate of drug-likeness (QED) is 0.849. The smallest absolute Gasteiger partial charge is 0.305 e. The van der Waals surface area contributed by atoms with Gasteiger partial charge in [0.25, 0.3) is 5.91 Å². The van der Waals surface area contributed by atoms with Crippen molar-refractivity contribution in [1.82, 2.24) is 9.97 Å². The standard InChI is InChI=1S/C17H16F3N3O/c18-17(19,20)16-21-10-12(11-22-16)15(24)23(14-8-4-5-9-14)13-6-2-1-3-7-13/h1-3,6-7,10-11,14H,4-5,8-9H2. The Morgan fingerprint density at radius 1 is 1.04 bits per heavy atom. The monoisotopic (exact) mass is 335 g/mol. The summed E-state index contributed by atoms with van der Waals surface area (Å²) < 4.78 is 37.7. The lowest BCUT2D eigenvalue weighted by Gasteiger charge is -2.29. The van der Waals surface area contributed by atoms with Gasteiger partial charge in [-0.1, -0.05) is 31.0 Å². The summed E-state index contributed by atoms with van der Waals surface area (Å²) in [6.45, 7) is 0. The molecule has 0 atom stereocenters. The lowest BCUT2D eigenvalue weighted by molar-refractivity contribution is -0.145. The molecule has 0 aliphatic heterocycles. The second-order valence-electron chi connectivity index (χ2n) is 5.74. The summed E-state index contributed by atoms with van der Waals surface area (Å²) >= 11 is 0. The maximum absolute atomic E-state index is 12.9. The van der Waals surface area contributed by atoms with Crippen molar-refractivity contribution in [3.8, 4) is 0 Å². The Kier molecular flexibility index (Phi) is 4.51. The molecule has 1 saturated carbocycles. The van der Waals surface area contributed by atoms with Gasteiger partial charge in [0, 0.05) is 24.1 Å². The number of benzene rings is 1. The van der Waals surface area contributed by atoms with E-state index in [1.807, 2.05) is 30.3 Å². The van der Waals surface area contributed by atoms with Crippen LogP contribution in [0.2, 0.25) is 0 Å². The summed E-state index contributed by atoms with van der Waals surface area (Å²) in [7, 11) is 0. The molecule has 1 aromatic heterocycles. The van der Waals surface area contributed by atoms with E-state index in [1.165, 1.54) is 0 Å². The first-order chi connectivity index (χ1) is 11.5. The summed E-state index contributed by atoms with van der Waals surface area (Å²) in [6.07, 6.45) is 1.10. The van der Waals surface area contributed by atoms with Gasteiger partial charge in [-0.05, 0) is 25.0 Å². The van der Waals surface area contributed by atoms with Crippen molar-refractivity contribution in [3.05, 3.63) is 54.1 Å². The first-order valence-electron chi connectivity index (χ1n) is 7.74. The van der Waals surface area contributed by atoms with Gasteiger partial charge in [0.05, 0.1) is 5.56 Å². The van der Waals surface area contributed by atoms with Crippen LogP contribution in [0, 0.1) is 0 Å². The fourth-order valence-electron chi connectivity index (χ4n) is 2.97. The molecule has 24 heavy (non-hydrogen) atoms. The molecular weight excluding hydrogens is 319 g/mol. The minimum Gasteiger partial charge on any atom is -0.305 e. The molecule has 1 amide bonds. The van der Waals surface area contributed by atoms with E-state index >= 15 is 0 Å². The first kappa shape index (κ1) is 16.4. The maximum Gasteiger partial charge on any atom is 0.451 e. The third kappa shape index (κ3) is 3.39. The van der Waals surface area contributed by atoms with Crippen LogP contribution in [-0.2, 0) is 6.18 Å². The summed E-state index contributed by atoms with van der Waals surface area (Å²) in [5, 5.41) is 0. The zero-order chi connectivity index (χ0) is 17.2. The van der Waals surface area contributed by atoms with Gasteiger partial charge in [-0.2, -0.15) is 13.2 Å². The van der Waals surface area contributed by atoms with Crippen LogP contribution in [0.15, 0.2) is 42.7 Å². The zero-order valence-electron chi connectivity index (χ0n) is 12.8. The van der Waals surface area contributed by atoms with Crippen molar-refractivity contribution >= 4 is 11.6 Å². The van der Waals surface area contributed by atoms with Crippen molar-refractivity contribution in [2.75, 3.05) is 4.90 Å². The van der Waals surface area contributed by atoms with Crippen LogP contribution in [0.3, 0.4) is 0 Å². The van der Waals surface area contributed by atoms with Gasteiger partial charge in [0.15, 0.2) is 0 Å². The molecule has 126 valence electrons. The van der Waals surface area contributed by atoms with Gasteiger partial charge >= 0.3 is 6.18 Å². The molecule has 4 nitrogen and oxygen atoms in total. The van der Waals surface area contributed by atoms with Crippen LogP contribution in [0.25, 0.3) is 0 Å². The van der Waals surface area contributed by atoms with Crippen LogP contribution in [0.5, 0.6) is 0 Å². The average molecular weight is 335 g/mol. The van der Waals surface area contributed by atoms with Crippen molar-refractivity contribution in [2.45, 2.75) is 37.9 Å². The molecule has 0 saturated heterocycles. The normalized spacial score (nSPS) is 15.5. The number of carbonyl (C=O) groups is 1. The number of anilines is 1. The van der Waals surface area contributed by atoms with Crippen molar-refractivity contribution in [2.24, 2.45) is 0 Å². The maximum atomic E-state index is 12.9. The van der Waals surface area contributed by atoms with Gasteiger partial charge in [0.2, 0.25) is 5.82 Å². The highest BCUT2D eigenvalue weighted by atomic mass is 19.4. The molecule has 1 fully saturated rings. The molecule has 2 aromatic rings. The number of hydrogen-bond donors (Lipinski definition) is 0. The Labute approximate surface area is 137 Å². The molecule has 0 unspecified atom stereocenters. The zero-order valence-corrected chi connectivity index (χ0v) is 12.8. The molecule has 7 heteroatoms. The summed E-state index contributed by atoms with van der Waals surface area (Å²) in [5.41, 5.74) is 0.785. The van der Waals surface area contributed by atoms with E-state index in [2.05, 4.69) is 9.97 Å². The molecule has 1 aromatic carbocycles. The fraction of sp³-hybridized carbons (Fsp3) is 0.353. The Morgan fingerprint density at radius 3 is 2.17 bits per heavy atom. The lowest BCUT2D eigenvalue weighted by atomic mass is 10.1. The molecular formula is C17H16F3N3O. The molecule has 0 bridgehead atoms. The van der Waals surface area contributed by atoms with Crippen molar-refractivity contribution < 1.29 is 18.0 Å². The van der Waals surface area contributed by atoms with E-state index in [9.17, 15) is 18.0 Å². The SMILES string of the molecule is O=C(c1cnc(C(F)(F)F)nc1)N(c1ccccc1)C1CCCC1. The highest BCUT2D eigenvalue weighted by Gasteiger charge is 2.35. The highest BCUT2D eigenvalue weighted by Crippen LogP contribution is 2.30. The van der Waals surface area contributed by atoms with Crippen LogP contribution in [-0.4, -0.2) is 21.9 Å². The molecule has 0 spiro atoms. The minimum atomic E-state index is -4.62. The highest BCUT2D eigenvalue weighted by molar-refractivity contribution is 6.06. The van der Waals surface area contributed by atoms with E-state index in [0.29, 0.717) is 0 Å². The van der Waals surface area contributed by atoms with E-state index in [0.717, 1.165) is 43.8 Å².